The van der Waals surface area contributed by atoms with Crippen LogP contribution in [-0.4, -0.2) is 40.5 Å². The van der Waals surface area contributed by atoms with Gasteiger partial charge in [0.25, 0.3) is 0 Å². The van der Waals surface area contributed by atoms with Gasteiger partial charge < -0.3 is 10.0 Å². The van der Waals surface area contributed by atoms with Gasteiger partial charge in [-0.05, 0) is 39.5 Å². The van der Waals surface area contributed by atoms with Crippen LogP contribution < -0.4 is 5.32 Å². The van der Waals surface area contributed by atoms with E-state index < -0.39 is 11.5 Å². The third-order valence-corrected chi connectivity index (χ3v) is 3.79. The number of hydrogen-bond donors (Lipinski definition) is 2. The highest BCUT2D eigenvalue weighted by atomic mass is 16.4. The Balaban J connectivity index is 2.60. The van der Waals surface area contributed by atoms with Crippen molar-refractivity contribution in [3.8, 4) is 0 Å². The zero-order valence-corrected chi connectivity index (χ0v) is 12.0. The van der Waals surface area contributed by atoms with Gasteiger partial charge in [-0.3, -0.25) is 14.9 Å². The van der Waals surface area contributed by atoms with Crippen LogP contribution in [0.15, 0.2) is 11.8 Å². The molecule has 19 heavy (non-hydrogen) atoms. The van der Waals surface area contributed by atoms with Crippen molar-refractivity contribution in [2.45, 2.75) is 52.0 Å². The molecule has 0 aromatic heterocycles. The van der Waals surface area contributed by atoms with Crippen LogP contribution in [0.1, 0.15) is 46.5 Å². The lowest BCUT2D eigenvalue weighted by Gasteiger charge is -2.27. The summed E-state index contributed by atoms with van der Waals surface area (Å²) in [6, 6.07) is 0. The summed E-state index contributed by atoms with van der Waals surface area (Å²) in [5.74, 6) is -0.984. The number of allylic oxidation sites excluding steroid dienone is 2. The highest BCUT2D eigenvalue weighted by Crippen LogP contribution is 2.21. The number of carbonyl (C=O) groups is 2. The van der Waals surface area contributed by atoms with Crippen molar-refractivity contribution in [3.05, 3.63) is 11.8 Å². The molecular weight excluding hydrogens is 244 g/mol. The van der Waals surface area contributed by atoms with Crippen molar-refractivity contribution in [2.75, 3.05) is 13.1 Å². The largest absolute Gasteiger partial charge is 0.480 e. The molecule has 0 aliphatic heterocycles. The molecule has 1 rings (SSSR count). The number of amides is 1. The number of nitrogens with one attached hydrogen (secondary N) is 1. The van der Waals surface area contributed by atoms with Crippen LogP contribution >= 0.6 is 0 Å². The van der Waals surface area contributed by atoms with E-state index in [0.29, 0.717) is 13.0 Å². The molecule has 0 aromatic carbocycles. The molecule has 0 fully saturated rings. The lowest BCUT2D eigenvalue weighted by molar-refractivity contribution is -0.144. The molecule has 5 heteroatoms. The van der Waals surface area contributed by atoms with Crippen molar-refractivity contribution in [3.63, 3.8) is 0 Å². The molecule has 0 bridgehead atoms. The van der Waals surface area contributed by atoms with E-state index >= 15 is 0 Å². The van der Waals surface area contributed by atoms with E-state index in [2.05, 4.69) is 11.4 Å². The van der Waals surface area contributed by atoms with Crippen molar-refractivity contribution in [1.29, 1.82) is 0 Å². The number of rotatable bonds is 7. The Hall–Kier alpha value is -1.36. The van der Waals surface area contributed by atoms with Crippen molar-refractivity contribution in [2.24, 2.45) is 0 Å². The van der Waals surface area contributed by atoms with Gasteiger partial charge >= 0.3 is 5.97 Å². The second kappa shape index (κ2) is 6.70. The molecule has 5 nitrogen and oxygen atoms in total. The predicted molar refractivity (Wildman–Crippen MR) is 73.7 cm³/mol. The minimum atomic E-state index is -1.04. The van der Waals surface area contributed by atoms with E-state index in [-0.39, 0.29) is 12.5 Å². The molecule has 108 valence electrons. The first kappa shape index (κ1) is 15.7. The topological polar surface area (TPSA) is 69.6 Å². The van der Waals surface area contributed by atoms with Crippen LogP contribution in [0.5, 0.6) is 0 Å². The van der Waals surface area contributed by atoms with Gasteiger partial charge in [-0.25, -0.2) is 0 Å². The fourth-order valence-electron chi connectivity index (χ4n) is 2.16. The van der Waals surface area contributed by atoms with Gasteiger partial charge in [-0.2, -0.15) is 0 Å². The average molecular weight is 268 g/mol. The van der Waals surface area contributed by atoms with Gasteiger partial charge in [0.1, 0.15) is 5.54 Å². The Morgan fingerprint density at radius 1 is 1.47 bits per heavy atom. The number of nitrogens with zero attached hydrogens (tertiary/aromatic N) is 1. The Kier molecular flexibility index (Phi) is 5.54. The maximum atomic E-state index is 12.2. The quantitative estimate of drug-likeness (QED) is 0.738. The molecular formula is C14H24N2O3. The molecule has 0 spiro atoms. The Bertz CT molecular complexity index is 379. The lowest BCUT2D eigenvalue weighted by Crippen LogP contribution is -2.52. The van der Waals surface area contributed by atoms with E-state index in [9.17, 15) is 9.59 Å². The van der Waals surface area contributed by atoms with Gasteiger partial charge in [0.2, 0.25) is 5.91 Å². The minimum Gasteiger partial charge on any atom is -0.480 e. The Morgan fingerprint density at radius 2 is 2.16 bits per heavy atom. The van der Waals surface area contributed by atoms with E-state index in [4.69, 9.17) is 5.11 Å². The zero-order chi connectivity index (χ0) is 14.5. The molecule has 0 saturated carbocycles. The molecule has 0 heterocycles. The summed E-state index contributed by atoms with van der Waals surface area (Å²) in [4.78, 5) is 25.1. The third kappa shape index (κ3) is 3.80. The fraction of sp³-hybridized carbons (Fsp3) is 0.714. The molecule has 1 unspecified atom stereocenters. The van der Waals surface area contributed by atoms with Gasteiger partial charge in [0.05, 0.1) is 6.54 Å². The average Bonchev–Trinajstić information content (AvgIpc) is 2.90. The van der Waals surface area contributed by atoms with E-state index in [1.807, 2.05) is 6.92 Å². The molecule has 0 aromatic rings. The highest BCUT2D eigenvalue weighted by Gasteiger charge is 2.31. The number of carboxylic acids is 1. The van der Waals surface area contributed by atoms with Gasteiger partial charge in [-0.1, -0.05) is 13.0 Å². The minimum absolute atomic E-state index is 0.0574. The van der Waals surface area contributed by atoms with Crippen molar-refractivity contribution < 1.29 is 14.7 Å². The number of carboxylic acid groups (broad SMARTS) is 1. The highest BCUT2D eigenvalue weighted by molar-refractivity contribution is 5.83. The van der Waals surface area contributed by atoms with Crippen LogP contribution in [0, 0.1) is 0 Å². The summed E-state index contributed by atoms with van der Waals surface area (Å²) in [6.45, 7) is 6.02. The maximum Gasteiger partial charge on any atom is 0.323 e. The number of hydrogen-bond acceptors (Lipinski definition) is 3. The first-order valence-corrected chi connectivity index (χ1v) is 6.92. The summed E-state index contributed by atoms with van der Waals surface area (Å²) < 4.78 is 0. The molecule has 1 atom stereocenters. The summed E-state index contributed by atoms with van der Waals surface area (Å²) in [5, 5.41) is 12.0. The Morgan fingerprint density at radius 3 is 2.58 bits per heavy atom. The number of carbonyl (C=O) groups excluding carboxylic acids is 1. The number of likely N-dealkylation sites (N-methyl/N-ethyl adjacent to an activating group) is 1. The smallest absolute Gasteiger partial charge is 0.323 e. The van der Waals surface area contributed by atoms with Gasteiger partial charge in [0, 0.05) is 12.2 Å². The predicted octanol–water partition coefficient (Wildman–Crippen LogP) is 1.75. The standard InChI is InChI=1S/C14H24N2O3/c1-4-14(3,13(18)19)15-10-12(17)16(5-2)11-8-6-7-9-11/h8,15H,4-7,9-10H2,1-3H3,(H,18,19). The summed E-state index contributed by atoms with van der Waals surface area (Å²) in [6.07, 6.45) is 5.58. The molecule has 1 aliphatic rings. The van der Waals surface area contributed by atoms with Crippen molar-refractivity contribution >= 4 is 11.9 Å². The first-order chi connectivity index (χ1) is 8.94. The Labute approximate surface area is 114 Å². The van der Waals surface area contributed by atoms with E-state index in [1.54, 1.807) is 18.7 Å². The molecule has 1 aliphatic carbocycles. The summed E-state index contributed by atoms with van der Waals surface area (Å²) in [5.41, 5.74) is 0.0295. The third-order valence-electron chi connectivity index (χ3n) is 3.79. The number of aliphatic carboxylic acids is 1. The first-order valence-electron chi connectivity index (χ1n) is 6.92. The van der Waals surface area contributed by atoms with E-state index in [1.165, 1.54) is 0 Å². The maximum absolute atomic E-state index is 12.2. The van der Waals surface area contributed by atoms with Crippen LogP contribution in [0.4, 0.5) is 0 Å². The van der Waals surface area contributed by atoms with Crippen LogP contribution in [0.3, 0.4) is 0 Å². The fourth-order valence-corrected chi connectivity index (χ4v) is 2.16. The lowest BCUT2D eigenvalue weighted by atomic mass is 9.99. The van der Waals surface area contributed by atoms with Gasteiger partial charge in [-0.15, -0.1) is 0 Å². The molecule has 2 N–H and O–H groups in total. The van der Waals surface area contributed by atoms with Crippen LogP contribution in [-0.2, 0) is 9.59 Å². The van der Waals surface area contributed by atoms with E-state index in [0.717, 1.165) is 25.0 Å². The molecule has 1 amide bonds. The second-order valence-electron chi connectivity index (χ2n) is 5.07. The monoisotopic (exact) mass is 268 g/mol. The van der Waals surface area contributed by atoms with Crippen LogP contribution in [0.25, 0.3) is 0 Å². The second-order valence-corrected chi connectivity index (χ2v) is 5.07. The van der Waals surface area contributed by atoms with Crippen molar-refractivity contribution in [1.82, 2.24) is 10.2 Å². The molecule has 0 saturated heterocycles. The normalized spacial score (nSPS) is 17.7. The SMILES string of the molecule is CCN(C(=O)CNC(C)(CC)C(=O)O)C1=CCCC1. The zero-order valence-electron chi connectivity index (χ0n) is 12.0. The summed E-state index contributed by atoms with van der Waals surface area (Å²) in [7, 11) is 0. The summed E-state index contributed by atoms with van der Waals surface area (Å²) >= 11 is 0. The molecule has 0 radical (unpaired) electrons. The van der Waals surface area contributed by atoms with Gasteiger partial charge in [0.15, 0.2) is 0 Å². The van der Waals surface area contributed by atoms with Crippen LogP contribution in [0.2, 0.25) is 0 Å².